The predicted octanol–water partition coefficient (Wildman–Crippen LogP) is 1.73. The second-order valence-corrected chi connectivity index (χ2v) is 5.61. The number of nitrogens with zero attached hydrogens (tertiary/aromatic N) is 2. The number of carbonyl (C=O) groups excluding carboxylic acids is 2. The fourth-order valence-corrected chi connectivity index (χ4v) is 2.61. The molecular formula is C18H19N3O4. The number of cyclic esters (lactones) is 1. The van der Waals surface area contributed by atoms with E-state index in [0.717, 1.165) is 11.3 Å². The normalized spacial score (nSPS) is 16.4. The molecule has 0 spiro atoms. The van der Waals surface area contributed by atoms with Crippen LogP contribution in [0.15, 0.2) is 48.7 Å². The summed E-state index contributed by atoms with van der Waals surface area (Å²) < 4.78 is 10.2. The van der Waals surface area contributed by atoms with Gasteiger partial charge in [0.1, 0.15) is 18.4 Å². The fourth-order valence-electron chi connectivity index (χ4n) is 2.61. The highest BCUT2D eigenvalue weighted by Gasteiger charge is 2.37. The number of nitrogens with one attached hydrogen (secondary N) is 1. The van der Waals surface area contributed by atoms with E-state index in [-0.39, 0.29) is 19.1 Å². The monoisotopic (exact) mass is 341 g/mol. The van der Waals surface area contributed by atoms with Gasteiger partial charge in [0.25, 0.3) is 0 Å². The van der Waals surface area contributed by atoms with Crippen molar-refractivity contribution in [2.24, 2.45) is 0 Å². The minimum atomic E-state index is -0.664. The summed E-state index contributed by atoms with van der Waals surface area (Å²) in [5.74, 6) is 0.431. The average molecular weight is 341 g/mol. The van der Waals surface area contributed by atoms with Crippen LogP contribution in [0.5, 0.6) is 5.75 Å². The standard InChI is InChI=1S/C18H19N3O4/c1-24-15-7-4-5-13(9-15)11-21-16(12-25-18(21)23)17(22)20-10-14-6-2-3-8-19-14/h2-9,16H,10-12H2,1H3,(H,20,22)/t16-/m0/s1. The maximum absolute atomic E-state index is 12.5. The molecule has 0 saturated carbocycles. The summed E-state index contributed by atoms with van der Waals surface area (Å²) in [4.78, 5) is 30.0. The van der Waals surface area contributed by atoms with Gasteiger partial charge >= 0.3 is 6.09 Å². The maximum Gasteiger partial charge on any atom is 0.410 e. The van der Waals surface area contributed by atoms with Crippen LogP contribution in [0, 0.1) is 0 Å². The molecule has 1 aromatic heterocycles. The van der Waals surface area contributed by atoms with Crippen LogP contribution in [0.25, 0.3) is 0 Å². The molecule has 3 rings (SSSR count). The molecule has 1 atom stereocenters. The Morgan fingerprint density at radius 2 is 2.24 bits per heavy atom. The van der Waals surface area contributed by atoms with Gasteiger partial charge in [0.2, 0.25) is 5.91 Å². The number of carbonyl (C=O) groups is 2. The van der Waals surface area contributed by atoms with Crippen molar-refractivity contribution in [1.82, 2.24) is 15.2 Å². The van der Waals surface area contributed by atoms with Crippen LogP contribution in [0.3, 0.4) is 0 Å². The molecule has 0 bridgehead atoms. The smallest absolute Gasteiger partial charge is 0.410 e. The molecule has 7 heteroatoms. The molecule has 0 aliphatic carbocycles. The summed E-state index contributed by atoms with van der Waals surface area (Å²) >= 11 is 0. The summed E-state index contributed by atoms with van der Waals surface area (Å²) in [6.45, 7) is 0.617. The molecule has 1 aliphatic rings. The fraction of sp³-hybridized carbons (Fsp3) is 0.278. The van der Waals surface area contributed by atoms with Gasteiger partial charge in [-0.1, -0.05) is 18.2 Å². The lowest BCUT2D eigenvalue weighted by molar-refractivity contribution is -0.125. The third-order valence-corrected chi connectivity index (χ3v) is 3.94. The van der Waals surface area contributed by atoms with E-state index in [4.69, 9.17) is 9.47 Å². The molecule has 0 unspecified atom stereocenters. The number of amides is 2. The Kier molecular flexibility index (Phi) is 5.13. The molecule has 0 radical (unpaired) electrons. The number of pyridine rings is 1. The van der Waals surface area contributed by atoms with Crippen LogP contribution >= 0.6 is 0 Å². The third kappa shape index (κ3) is 4.06. The van der Waals surface area contributed by atoms with Gasteiger partial charge in [0, 0.05) is 6.20 Å². The van der Waals surface area contributed by atoms with Crippen LogP contribution in [0.2, 0.25) is 0 Å². The number of ether oxygens (including phenoxy) is 2. The average Bonchev–Trinajstić information content (AvgIpc) is 3.01. The van der Waals surface area contributed by atoms with E-state index in [0.29, 0.717) is 12.3 Å². The summed E-state index contributed by atoms with van der Waals surface area (Å²) in [7, 11) is 1.58. The number of aromatic nitrogens is 1. The summed E-state index contributed by atoms with van der Waals surface area (Å²) in [6, 6.07) is 12.2. The van der Waals surface area contributed by atoms with Crippen molar-refractivity contribution in [3.63, 3.8) is 0 Å². The van der Waals surface area contributed by atoms with Crippen molar-refractivity contribution in [2.75, 3.05) is 13.7 Å². The predicted molar refractivity (Wildman–Crippen MR) is 89.8 cm³/mol. The summed E-state index contributed by atoms with van der Waals surface area (Å²) in [5.41, 5.74) is 1.61. The van der Waals surface area contributed by atoms with Crippen molar-refractivity contribution in [3.05, 3.63) is 59.9 Å². The van der Waals surface area contributed by atoms with Crippen molar-refractivity contribution < 1.29 is 19.1 Å². The molecule has 1 aliphatic heterocycles. The Hall–Kier alpha value is -3.09. The first-order valence-corrected chi connectivity index (χ1v) is 7.91. The van der Waals surface area contributed by atoms with Crippen LogP contribution in [-0.4, -0.2) is 41.6 Å². The van der Waals surface area contributed by atoms with Gasteiger partial charge in [-0.25, -0.2) is 4.79 Å². The first-order valence-electron chi connectivity index (χ1n) is 7.91. The highest BCUT2D eigenvalue weighted by atomic mass is 16.6. The minimum absolute atomic E-state index is 0.0385. The van der Waals surface area contributed by atoms with Gasteiger partial charge in [0.15, 0.2) is 0 Å². The molecule has 130 valence electrons. The molecule has 2 heterocycles. The Labute approximate surface area is 145 Å². The molecule has 1 N–H and O–H groups in total. The molecule has 1 fully saturated rings. The van der Waals surface area contributed by atoms with E-state index >= 15 is 0 Å². The molecule has 2 aromatic rings. The van der Waals surface area contributed by atoms with Gasteiger partial charge < -0.3 is 14.8 Å². The van der Waals surface area contributed by atoms with Gasteiger partial charge in [-0.2, -0.15) is 0 Å². The minimum Gasteiger partial charge on any atom is -0.497 e. The van der Waals surface area contributed by atoms with Crippen LogP contribution < -0.4 is 10.1 Å². The molecule has 2 amide bonds. The van der Waals surface area contributed by atoms with E-state index in [9.17, 15) is 9.59 Å². The molecule has 25 heavy (non-hydrogen) atoms. The molecule has 1 saturated heterocycles. The Balaban J connectivity index is 1.65. The third-order valence-electron chi connectivity index (χ3n) is 3.94. The lowest BCUT2D eigenvalue weighted by Gasteiger charge is -2.21. The van der Waals surface area contributed by atoms with Crippen molar-refractivity contribution in [3.8, 4) is 5.75 Å². The zero-order valence-electron chi connectivity index (χ0n) is 13.8. The first-order chi connectivity index (χ1) is 12.2. The number of benzene rings is 1. The molecule has 7 nitrogen and oxygen atoms in total. The van der Waals surface area contributed by atoms with Gasteiger partial charge in [0.05, 0.1) is 25.9 Å². The van der Waals surface area contributed by atoms with Gasteiger partial charge in [-0.3, -0.25) is 14.7 Å². The number of hydrogen-bond donors (Lipinski definition) is 1. The zero-order valence-corrected chi connectivity index (χ0v) is 13.8. The maximum atomic E-state index is 12.5. The summed E-state index contributed by atoms with van der Waals surface area (Å²) in [5, 5.41) is 2.80. The van der Waals surface area contributed by atoms with Crippen LogP contribution in [0.4, 0.5) is 4.79 Å². The largest absolute Gasteiger partial charge is 0.497 e. The molecule has 1 aromatic carbocycles. The van der Waals surface area contributed by atoms with E-state index in [1.807, 2.05) is 42.5 Å². The number of methoxy groups -OCH3 is 1. The highest BCUT2D eigenvalue weighted by Crippen LogP contribution is 2.19. The second kappa shape index (κ2) is 7.65. The zero-order chi connectivity index (χ0) is 17.6. The number of hydrogen-bond acceptors (Lipinski definition) is 5. The summed E-state index contributed by atoms with van der Waals surface area (Å²) in [6.07, 6.45) is 1.17. The quantitative estimate of drug-likeness (QED) is 0.865. The Morgan fingerprint density at radius 3 is 3.00 bits per heavy atom. The lowest BCUT2D eigenvalue weighted by Crippen LogP contribution is -2.45. The lowest BCUT2D eigenvalue weighted by atomic mass is 10.1. The van der Waals surface area contributed by atoms with E-state index in [1.165, 1.54) is 4.90 Å². The Bertz CT molecular complexity index is 751. The second-order valence-electron chi connectivity index (χ2n) is 5.61. The Morgan fingerprint density at radius 1 is 1.36 bits per heavy atom. The van der Waals surface area contributed by atoms with Crippen LogP contribution in [0.1, 0.15) is 11.3 Å². The number of rotatable bonds is 6. The SMILES string of the molecule is COc1cccc(CN2C(=O)OC[C@H]2C(=O)NCc2ccccn2)c1. The van der Waals surface area contributed by atoms with E-state index in [2.05, 4.69) is 10.3 Å². The highest BCUT2D eigenvalue weighted by molar-refractivity contribution is 5.87. The van der Waals surface area contributed by atoms with Crippen molar-refractivity contribution >= 4 is 12.0 Å². The molecular weight excluding hydrogens is 322 g/mol. The van der Waals surface area contributed by atoms with E-state index in [1.54, 1.807) is 13.3 Å². The van der Waals surface area contributed by atoms with Crippen LogP contribution in [-0.2, 0) is 22.6 Å². The van der Waals surface area contributed by atoms with Gasteiger partial charge in [-0.05, 0) is 29.8 Å². The van der Waals surface area contributed by atoms with Gasteiger partial charge in [-0.15, -0.1) is 0 Å². The van der Waals surface area contributed by atoms with E-state index < -0.39 is 12.1 Å². The van der Waals surface area contributed by atoms with Crippen molar-refractivity contribution in [1.29, 1.82) is 0 Å². The van der Waals surface area contributed by atoms with Crippen molar-refractivity contribution in [2.45, 2.75) is 19.1 Å². The first kappa shape index (κ1) is 16.8. The topological polar surface area (TPSA) is 80.8 Å².